The van der Waals surface area contributed by atoms with Gasteiger partial charge in [0.15, 0.2) is 0 Å². The second-order valence-electron chi connectivity index (χ2n) is 5.89. The quantitative estimate of drug-likeness (QED) is 0.839. The molecule has 1 aromatic rings. The highest BCUT2D eigenvalue weighted by Gasteiger charge is 2.15. The van der Waals surface area contributed by atoms with Gasteiger partial charge in [-0.1, -0.05) is 32.9 Å². The van der Waals surface area contributed by atoms with E-state index in [2.05, 4.69) is 62.1 Å². The van der Waals surface area contributed by atoms with E-state index in [1.165, 1.54) is 35.6 Å². The first-order valence-electron chi connectivity index (χ1n) is 6.50. The van der Waals surface area contributed by atoms with Crippen molar-refractivity contribution in [1.29, 1.82) is 0 Å². The van der Waals surface area contributed by atoms with Gasteiger partial charge in [-0.2, -0.15) is 11.8 Å². The van der Waals surface area contributed by atoms with Crippen molar-refractivity contribution in [3.05, 3.63) is 29.8 Å². The molecule has 1 N–H and O–H groups in total. The number of thioether (sulfide) groups is 1. The number of benzene rings is 1. The van der Waals surface area contributed by atoms with Gasteiger partial charge in [-0.3, -0.25) is 0 Å². The molecule has 0 aromatic heterocycles. The highest BCUT2D eigenvalue weighted by molar-refractivity contribution is 7.99. The molecule has 0 bridgehead atoms. The Morgan fingerprint density at radius 1 is 1.18 bits per heavy atom. The van der Waals surface area contributed by atoms with Crippen molar-refractivity contribution in [2.45, 2.75) is 45.1 Å². The molecule has 1 aliphatic heterocycles. The lowest BCUT2D eigenvalue weighted by molar-refractivity contribution is 0.590. The molecule has 0 amide bonds. The normalized spacial score (nSPS) is 21.2. The molecule has 1 unspecified atom stereocenters. The van der Waals surface area contributed by atoms with Crippen LogP contribution >= 0.6 is 11.8 Å². The minimum Gasteiger partial charge on any atom is -0.381 e. The average molecular weight is 249 g/mol. The van der Waals surface area contributed by atoms with E-state index in [1.807, 2.05) is 0 Å². The highest BCUT2D eigenvalue weighted by Crippen LogP contribution is 2.25. The van der Waals surface area contributed by atoms with E-state index in [0.717, 1.165) is 0 Å². The molecule has 1 heterocycles. The summed E-state index contributed by atoms with van der Waals surface area (Å²) in [7, 11) is 0. The predicted molar refractivity (Wildman–Crippen MR) is 79.1 cm³/mol. The SMILES string of the molecule is CC(C)(C)c1ccc(NC2CCCSC2)cc1. The van der Waals surface area contributed by atoms with Gasteiger partial charge in [-0.15, -0.1) is 0 Å². The van der Waals surface area contributed by atoms with E-state index in [9.17, 15) is 0 Å². The number of anilines is 1. The molecule has 94 valence electrons. The fourth-order valence-corrected chi connectivity index (χ4v) is 3.23. The second kappa shape index (κ2) is 5.34. The lowest BCUT2D eigenvalue weighted by atomic mass is 9.87. The summed E-state index contributed by atoms with van der Waals surface area (Å²) in [4.78, 5) is 0. The zero-order valence-corrected chi connectivity index (χ0v) is 11.9. The first-order chi connectivity index (χ1) is 8.05. The fraction of sp³-hybridized carbons (Fsp3) is 0.600. The van der Waals surface area contributed by atoms with E-state index < -0.39 is 0 Å². The van der Waals surface area contributed by atoms with Crippen LogP contribution in [0.2, 0.25) is 0 Å². The Balaban J connectivity index is 1.98. The maximum atomic E-state index is 3.64. The average Bonchev–Trinajstić information content (AvgIpc) is 2.30. The predicted octanol–water partition coefficient (Wildman–Crippen LogP) is 4.29. The Morgan fingerprint density at radius 3 is 2.41 bits per heavy atom. The maximum Gasteiger partial charge on any atom is 0.0352 e. The van der Waals surface area contributed by atoms with Gasteiger partial charge in [-0.05, 0) is 41.7 Å². The van der Waals surface area contributed by atoms with Crippen LogP contribution in [0.1, 0.15) is 39.2 Å². The third kappa shape index (κ3) is 3.67. The zero-order chi connectivity index (χ0) is 12.3. The first kappa shape index (κ1) is 12.8. The van der Waals surface area contributed by atoms with Gasteiger partial charge in [0.25, 0.3) is 0 Å². The standard InChI is InChI=1S/C15H23NS/c1-15(2,3)12-6-8-13(9-7-12)16-14-5-4-10-17-11-14/h6-9,14,16H,4-5,10-11H2,1-3H3. The maximum absolute atomic E-state index is 3.64. The molecule has 1 saturated heterocycles. The number of hydrogen-bond donors (Lipinski definition) is 1. The van der Waals surface area contributed by atoms with E-state index >= 15 is 0 Å². The van der Waals surface area contributed by atoms with Crippen molar-refractivity contribution in [2.24, 2.45) is 0 Å². The topological polar surface area (TPSA) is 12.0 Å². The Morgan fingerprint density at radius 2 is 1.88 bits per heavy atom. The number of rotatable bonds is 2. The third-order valence-electron chi connectivity index (χ3n) is 3.28. The largest absolute Gasteiger partial charge is 0.381 e. The summed E-state index contributed by atoms with van der Waals surface area (Å²) in [6, 6.07) is 9.60. The molecule has 0 radical (unpaired) electrons. The third-order valence-corrected chi connectivity index (χ3v) is 4.50. The molecular formula is C15H23NS. The van der Waals surface area contributed by atoms with Crippen molar-refractivity contribution >= 4 is 17.4 Å². The van der Waals surface area contributed by atoms with Crippen molar-refractivity contribution in [1.82, 2.24) is 0 Å². The summed E-state index contributed by atoms with van der Waals surface area (Å²) in [5.74, 6) is 2.59. The molecule has 1 nitrogen and oxygen atoms in total. The molecule has 0 saturated carbocycles. The molecule has 1 atom stereocenters. The van der Waals surface area contributed by atoms with Crippen molar-refractivity contribution in [3.8, 4) is 0 Å². The highest BCUT2D eigenvalue weighted by atomic mass is 32.2. The first-order valence-corrected chi connectivity index (χ1v) is 7.66. The Labute approximate surface area is 109 Å². The van der Waals surface area contributed by atoms with Gasteiger partial charge in [0.05, 0.1) is 0 Å². The van der Waals surface area contributed by atoms with Crippen LogP contribution in [0.25, 0.3) is 0 Å². The van der Waals surface area contributed by atoms with Crippen LogP contribution in [0.4, 0.5) is 5.69 Å². The summed E-state index contributed by atoms with van der Waals surface area (Å²) >= 11 is 2.07. The van der Waals surface area contributed by atoms with E-state index in [4.69, 9.17) is 0 Å². The van der Waals surface area contributed by atoms with Crippen LogP contribution in [0.3, 0.4) is 0 Å². The molecule has 2 rings (SSSR count). The van der Waals surface area contributed by atoms with Gasteiger partial charge in [-0.25, -0.2) is 0 Å². The molecule has 1 aliphatic rings. The minimum atomic E-state index is 0.249. The van der Waals surface area contributed by atoms with Crippen LogP contribution in [0.15, 0.2) is 24.3 Å². The molecule has 1 fully saturated rings. The van der Waals surface area contributed by atoms with Crippen LogP contribution in [-0.4, -0.2) is 17.5 Å². The van der Waals surface area contributed by atoms with Gasteiger partial charge < -0.3 is 5.32 Å². The van der Waals surface area contributed by atoms with Crippen molar-refractivity contribution < 1.29 is 0 Å². The molecule has 17 heavy (non-hydrogen) atoms. The number of hydrogen-bond acceptors (Lipinski definition) is 2. The lowest BCUT2D eigenvalue weighted by Crippen LogP contribution is -2.25. The lowest BCUT2D eigenvalue weighted by Gasteiger charge is -2.24. The Bertz CT molecular complexity index is 344. The van der Waals surface area contributed by atoms with E-state index in [1.54, 1.807) is 0 Å². The number of nitrogens with one attached hydrogen (secondary N) is 1. The van der Waals surface area contributed by atoms with Crippen LogP contribution in [-0.2, 0) is 5.41 Å². The van der Waals surface area contributed by atoms with Crippen LogP contribution < -0.4 is 5.32 Å². The van der Waals surface area contributed by atoms with Crippen LogP contribution in [0.5, 0.6) is 0 Å². The van der Waals surface area contributed by atoms with Crippen molar-refractivity contribution in [2.75, 3.05) is 16.8 Å². The van der Waals surface area contributed by atoms with Crippen LogP contribution in [0, 0.1) is 0 Å². The Hall–Kier alpha value is -0.630. The van der Waals surface area contributed by atoms with Gasteiger partial charge in [0, 0.05) is 17.5 Å². The zero-order valence-electron chi connectivity index (χ0n) is 11.1. The Kier molecular flexibility index (Phi) is 4.03. The van der Waals surface area contributed by atoms with Crippen molar-refractivity contribution in [3.63, 3.8) is 0 Å². The molecule has 0 spiro atoms. The summed E-state index contributed by atoms with van der Waals surface area (Å²) in [6.45, 7) is 6.77. The summed E-state index contributed by atoms with van der Waals surface area (Å²) < 4.78 is 0. The monoisotopic (exact) mass is 249 g/mol. The summed E-state index contributed by atoms with van der Waals surface area (Å²) in [5.41, 5.74) is 2.92. The van der Waals surface area contributed by atoms with E-state index in [0.29, 0.717) is 6.04 Å². The second-order valence-corrected chi connectivity index (χ2v) is 7.04. The van der Waals surface area contributed by atoms with E-state index in [-0.39, 0.29) is 5.41 Å². The van der Waals surface area contributed by atoms with Gasteiger partial charge >= 0.3 is 0 Å². The minimum absolute atomic E-state index is 0.249. The smallest absolute Gasteiger partial charge is 0.0352 e. The molecular weight excluding hydrogens is 226 g/mol. The summed E-state index contributed by atoms with van der Waals surface area (Å²) in [6.07, 6.45) is 2.66. The molecule has 1 aromatic carbocycles. The fourth-order valence-electron chi connectivity index (χ4n) is 2.16. The van der Waals surface area contributed by atoms with Gasteiger partial charge in [0.2, 0.25) is 0 Å². The summed E-state index contributed by atoms with van der Waals surface area (Å²) in [5, 5.41) is 3.64. The molecule has 2 heteroatoms. The van der Waals surface area contributed by atoms with Gasteiger partial charge in [0.1, 0.15) is 0 Å². The molecule has 0 aliphatic carbocycles.